The van der Waals surface area contributed by atoms with Crippen LogP contribution in [-0.2, 0) is 9.59 Å². The second kappa shape index (κ2) is 5.69. The Morgan fingerprint density at radius 2 is 1.67 bits per heavy atom. The molecule has 0 aliphatic heterocycles. The molecule has 5 heteroatoms. The van der Waals surface area contributed by atoms with Crippen molar-refractivity contribution in [2.24, 2.45) is 11.8 Å². The molecule has 2 aliphatic rings. The maximum atomic E-state index is 12.0. The van der Waals surface area contributed by atoms with Gasteiger partial charge in [0.2, 0.25) is 5.91 Å². The summed E-state index contributed by atoms with van der Waals surface area (Å²) >= 11 is 0. The van der Waals surface area contributed by atoms with Crippen LogP contribution >= 0.6 is 0 Å². The third kappa shape index (κ3) is 3.02. The van der Waals surface area contributed by atoms with Crippen molar-refractivity contribution >= 4 is 11.9 Å². The number of carbonyl (C=O) groups is 2. The lowest BCUT2D eigenvalue weighted by Gasteiger charge is -2.29. The number of carbonyl (C=O) groups excluding carboxylic acids is 1. The van der Waals surface area contributed by atoms with Gasteiger partial charge in [0.15, 0.2) is 0 Å². The fourth-order valence-electron chi connectivity index (χ4n) is 3.02. The minimum Gasteiger partial charge on any atom is -0.481 e. The molecule has 0 radical (unpaired) electrons. The summed E-state index contributed by atoms with van der Waals surface area (Å²) in [5, 5.41) is 21.6. The molecule has 0 heterocycles. The summed E-state index contributed by atoms with van der Waals surface area (Å²) in [6.45, 7) is 0. The maximum absolute atomic E-state index is 12.0. The van der Waals surface area contributed by atoms with Gasteiger partial charge in [0.05, 0.1) is 18.1 Å². The topological polar surface area (TPSA) is 86.6 Å². The van der Waals surface area contributed by atoms with E-state index in [-0.39, 0.29) is 23.8 Å². The van der Waals surface area contributed by atoms with Crippen molar-refractivity contribution in [2.45, 2.75) is 57.1 Å². The summed E-state index contributed by atoms with van der Waals surface area (Å²) in [4.78, 5) is 22.9. The molecule has 0 aromatic rings. The van der Waals surface area contributed by atoms with Gasteiger partial charge in [-0.2, -0.15) is 0 Å². The van der Waals surface area contributed by atoms with Gasteiger partial charge in [0.25, 0.3) is 0 Å². The van der Waals surface area contributed by atoms with Crippen molar-refractivity contribution in [3.63, 3.8) is 0 Å². The van der Waals surface area contributed by atoms with Gasteiger partial charge in [-0.05, 0) is 32.1 Å². The number of nitrogens with one attached hydrogen (secondary N) is 1. The predicted octanol–water partition coefficient (Wildman–Crippen LogP) is 0.907. The summed E-state index contributed by atoms with van der Waals surface area (Å²) in [7, 11) is 0. The fraction of sp³-hybridized carbons (Fsp3) is 0.846. The third-order valence-corrected chi connectivity index (χ3v) is 4.21. The third-order valence-electron chi connectivity index (χ3n) is 4.21. The standard InChI is InChI=1S/C13H21NO4/c15-11-4-2-1-3-10(11)14-12(16)8-5-6-9(7-8)13(17)18/h8-11,15H,1-7H2,(H,14,16)(H,17,18)/t8?,9?,10-,11-/m1/s1. The van der Waals surface area contributed by atoms with Gasteiger partial charge in [0.1, 0.15) is 0 Å². The summed E-state index contributed by atoms with van der Waals surface area (Å²) in [6.07, 6.45) is 4.83. The van der Waals surface area contributed by atoms with Crippen molar-refractivity contribution in [2.75, 3.05) is 0 Å². The van der Waals surface area contributed by atoms with Crippen LogP contribution in [0.3, 0.4) is 0 Å². The van der Waals surface area contributed by atoms with Crippen LogP contribution in [0.25, 0.3) is 0 Å². The van der Waals surface area contributed by atoms with Crippen LogP contribution in [-0.4, -0.2) is 34.2 Å². The zero-order chi connectivity index (χ0) is 13.1. The fourth-order valence-corrected chi connectivity index (χ4v) is 3.02. The first-order chi connectivity index (χ1) is 8.58. The molecule has 1 amide bonds. The zero-order valence-corrected chi connectivity index (χ0v) is 10.5. The highest BCUT2D eigenvalue weighted by molar-refractivity contribution is 5.81. The minimum absolute atomic E-state index is 0.0790. The van der Waals surface area contributed by atoms with Crippen molar-refractivity contribution in [1.82, 2.24) is 5.32 Å². The van der Waals surface area contributed by atoms with Gasteiger partial charge in [-0.15, -0.1) is 0 Å². The number of rotatable bonds is 3. The van der Waals surface area contributed by atoms with Crippen molar-refractivity contribution in [3.05, 3.63) is 0 Å². The van der Waals surface area contributed by atoms with E-state index in [4.69, 9.17) is 5.11 Å². The van der Waals surface area contributed by atoms with Gasteiger partial charge >= 0.3 is 5.97 Å². The van der Waals surface area contributed by atoms with Gasteiger partial charge < -0.3 is 15.5 Å². The molecule has 2 saturated carbocycles. The van der Waals surface area contributed by atoms with E-state index in [2.05, 4.69) is 5.32 Å². The van der Waals surface area contributed by atoms with Gasteiger partial charge in [-0.1, -0.05) is 12.8 Å². The molecule has 18 heavy (non-hydrogen) atoms. The molecule has 2 fully saturated rings. The van der Waals surface area contributed by atoms with Crippen LogP contribution in [0.1, 0.15) is 44.9 Å². The predicted molar refractivity (Wildman–Crippen MR) is 64.9 cm³/mol. The SMILES string of the molecule is O=C(O)C1CCC(C(=O)N[C@@H]2CCCC[C@H]2O)C1. The number of amides is 1. The Balaban J connectivity index is 1.83. The Kier molecular flexibility index (Phi) is 4.22. The van der Waals surface area contributed by atoms with Crippen LogP contribution in [0.5, 0.6) is 0 Å². The highest BCUT2D eigenvalue weighted by Gasteiger charge is 2.35. The first kappa shape index (κ1) is 13.3. The maximum Gasteiger partial charge on any atom is 0.306 e. The average molecular weight is 255 g/mol. The average Bonchev–Trinajstić information content (AvgIpc) is 2.81. The van der Waals surface area contributed by atoms with Gasteiger partial charge in [0, 0.05) is 5.92 Å². The molecule has 2 rings (SSSR count). The van der Waals surface area contributed by atoms with Crippen molar-refractivity contribution in [1.29, 1.82) is 0 Å². The first-order valence-corrected chi connectivity index (χ1v) is 6.79. The van der Waals surface area contributed by atoms with Crippen LogP contribution in [0.15, 0.2) is 0 Å². The van der Waals surface area contributed by atoms with Crippen LogP contribution < -0.4 is 5.32 Å². The summed E-state index contributed by atoms with van der Waals surface area (Å²) < 4.78 is 0. The molecule has 0 saturated heterocycles. The quantitative estimate of drug-likeness (QED) is 0.699. The molecule has 0 aromatic heterocycles. The van der Waals surface area contributed by atoms with E-state index in [0.717, 1.165) is 25.7 Å². The summed E-state index contributed by atoms with van der Waals surface area (Å²) in [6, 6.07) is -0.143. The molecule has 0 bridgehead atoms. The number of hydrogen-bond donors (Lipinski definition) is 3. The Morgan fingerprint density at radius 3 is 2.28 bits per heavy atom. The van der Waals surface area contributed by atoms with Crippen molar-refractivity contribution in [3.8, 4) is 0 Å². The largest absolute Gasteiger partial charge is 0.481 e. The second-order valence-corrected chi connectivity index (χ2v) is 5.51. The zero-order valence-electron chi connectivity index (χ0n) is 10.5. The van der Waals surface area contributed by atoms with E-state index in [1.165, 1.54) is 0 Å². The van der Waals surface area contributed by atoms with Crippen molar-refractivity contribution < 1.29 is 19.8 Å². The first-order valence-electron chi connectivity index (χ1n) is 6.79. The minimum atomic E-state index is -0.803. The van der Waals surface area contributed by atoms with E-state index in [1.807, 2.05) is 0 Å². The monoisotopic (exact) mass is 255 g/mol. The van der Waals surface area contributed by atoms with Gasteiger partial charge in [-0.25, -0.2) is 0 Å². The highest BCUT2D eigenvalue weighted by Crippen LogP contribution is 2.31. The van der Waals surface area contributed by atoms with E-state index in [0.29, 0.717) is 19.3 Å². The van der Waals surface area contributed by atoms with E-state index >= 15 is 0 Å². The molecule has 102 valence electrons. The molecule has 3 N–H and O–H groups in total. The van der Waals surface area contributed by atoms with Crippen LogP contribution in [0.2, 0.25) is 0 Å². The van der Waals surface area contributed by atoms with E-state index < -0.39 is 12.1 Å². The molecule has 2 unspecified atom stereocenters. The normalized spacial score (nSPS) is 36.3. The number of carboxylic acid groups (broad SMARTS) is 1. The highest BCUT2D eigenvalue weighted by atomic mass is 16.4. The molecule has 2 aliphatic carbocycles. The number of carboxylic acids is 1. The number of hydrogen-bond acceptors (Lipinski definition) is 3. The number of aliphatic hydroxyl groups excluding tert-OH is 1. The lowest BCUT2D eigenvalue weighted by atomic mass is 9.92. The lowest BCUT2D eigenvalue weighted by Crippen LogP contribution is -2.46. The molecule has 4 atom stereocenters. The van der Waals surface area contributed by atoms with Crippen LogP contribution in [0, 0.1) is 11.8 Å². The molecule has 0 spiro atoms. The molecule has 5 nitrogen and oxygen atoms in total. The summed E-state index contributed by atoms with van der Waals surface area (Å²) in [5.74, 6) is -1.45. The molecular weight excluding hydrogens is 234 g/mol. The Morgan fingerprint density at radius 1 is 1.00 bits per heavy atom. The smallest absolute Gasteiger partial charge is 0.306 e. The second-order valence-electron chi connectivity index (χ2n) is 5.51. The van der Waals surface area contributed by atoms with E-state index in [1.54, 1.807) is 0 Å². The Bertz CT molecular complexity index is 331. The van der Waals surface area contributed by atoms with Crippen LogP contribution in [0.4, 0.5) is 0 Å². The lowest BCUT2D eigenvalue weighted by molar-refractivity contribution is -0.141. The molecular formula is C13H21NO4. The Hall–Kier alpha value is -1.10. The van der Waals surface area contributed by atoms with E-state index in [9.17, 15) is 14.7 Å². The molecule has 0 aromatic carbocycles. The number of aliphatic hydroxyl groups is 1. The summed E-state index contributed by atoms with van der Waals surface area (Å²) in [5.41, 5.74) is 0. The Labute approximate surface area is 107 Å². The number of aliphatic carboxylic acids is 1. The van der Waals surface area contributed by atoms with Gasteiger partial charge in [-0.3, -0.25) is 9.59 Å².